The first-order chi connectivity index (χ1) is 6.56. The third-order valence-corrected chi connectivity index (χ3v) is 2.38. The average Bonchev–Trinajstić information content (AvgIpc) is 2.38. The second kappa shape index (κ2) is 4.70. The standard InChI is InChI=1S/C9H13BrN2O2/c1-3-12-8(13)4-7(9(12)14)11-5-6(2)10/h7,11H,2-5H2,1H3. The summed E-state index contributed by atoms with van der Waals surface area (Å²) in [5.41, 5.74) is 0. The molecule has 1 aliphatic rings. The highest BCUT2D eigenvalue weighted by atomic mass is 79.9. The van der Waals surface area contributed by atoms with Crippen molar-refractivity contribution >= 4 is 27.7 Å². The number of hydrogen-bond donors (Lipinski definition) is 1. The predicted octanol–water partition coefficient (Wildman–Crippen LogP) is 0.632. The van der Waals surface area contributed by atoms with Crippen LogP contribution in [-0.2, 0) is 9.59 Å². The van der Waals surface area contributed by atoms with Gasteiger partial charge in [0.2, 0.25) is 11.8 Å². The Labute approximate surface area is 91.5 Å². The van der Waals surface area contributed by atoms with Crippen LogP contribution in [0, 0.1) is 0 Å². The van der Waals surface area contributed by atoms with Crippen LogP contribution in [0.1, 0.15) is 13.3 Å². The van der Waals surface area contributed by atoms with E-state index >= 15 is 0 Å². The maximum Gasteiger partial charge on any atom is 0.246 e. The lowest BCUT2D eigenvalue weighted by molar-refractivity contribution is -0.138. The Bertz CT molecular complexity index is 278. The van der Waals surface area contributed by atoms with Gasteiger partial charge in [-0.3, -0.25) is 14.5 Å². The molecule has 1 atom stereocenters. The summed E-state index contributed by atoms with van der Waals surface area (Å²) in [6.07, 6.45) is 0.257. The summed E-state index contributed by atoms with van der Waals surface area (Å²) in [5, 5.41) is 2.97. The Morgan fingerprint density at radius 2 is 2.36 bits per heavy atom. The third kappa shape index (κ3) is 2.42. The number of rotatable bonds is 4. The minimum Gasteiger partial charge on any atom is -0.301 e. The number of likely N-dealkylation sites (tertiary alicyclic amines) is 1. The number of nitrogens with one attached hydrogen (secondary N) is 1. The minimum absolute atomic E-state index is 0.102. The highest BCUT2D eigenvalue weighted by Gasteiger charge is 2.36. The molecule has 1 saturated heterocycles. The lowest BCUT2D eigenvalue weighted by Gasteiger charge is -2.12. The molecule has 1 aliphatic heterocycles. The normalized spacial score (nSPS) is 21.9. The Kier molecular flexibility index (Phi) is 3.83. The quantitative estimate of drug-likeness (QED) is 0.755. The molecule has 14 heavy (non-hydrogen) atoms. The highest BCUT2D eigenvalue weighted by Crippen LogP contribution is 2.12. The molecule has 0 saturated carbocycles. The number of likely N-dealkylation sites (N-methyl/N-ethyl adjacent to an activating group) is 1. The fourth-order valence-electron chi connectivity index (χ4n) is 1.41. The fourth-order valence-corrected chi connectivity index (χ4v) is 1.57. The zero-order valence-electron chi connectivity index (χ0n) is 8.05. The minimum atomic E-state index is -0.378. The lowest BCUT2D eigenvalue weighted by Crippen LogP contribution is -2.39. The molecule has 0 aromatic carbocycles. The van der Waals surface area contributed by atoms with Gasteiger partial charge in [0, 0.05) is 17.6 Å². The number of hydrogen-bond acceptors (Lipinski definition) is 3. The van der Waals surface area contributed by atoms with E-state index in [9.17, 15) is 9.59 Å². The first kappa shape index (κ1) is 11.4. The van der Waals surface area contributed by atoms with Crippen LogP contribution >= 0.6 is 15.9 Å². The van der Waals surface area contributed by atoms with Gasteiger partial charge in [-0.05, 0) is 6.92 Å². The predicted molar refractivity (Wildman–Crippen MR) is 56.9 cm³/mol. The SMILES string of the molecule is C=C(Br)CNC1CC(=O)N(CC)C1=O. The van der Waals surface area contributed by atoms with Crippen molar-refractivity contribution in [1.82, 2.24) is 10.2 Å². The van der Waals surface area contributed by atoms with Crippen molar-refractivity contribution in [2.24, 2.45) is 0 Å². The van der Waals surface area contributed by atoms with Gasteiger partial charge >= 0.3 is 0 Å². The van der Waals surface area contributed by atoms with E-state index in [1.807, 2.05) is 0 Å². The van der Waals surface area contributed by atoms with E-state index in [2.05, 4.69) is 27.8 Å². The number of carbonyl (C=O) groups excluding carboxylic acids is 2. The first-order valence-corrected chi connectivity index (χ1v) is 5.26. The van der Waals surface area contributed by atoms with E-state index in [0.717, 1.165) is 4.48 Å². The molecule has 0 spiro atoms. The second-order valence-corrected chi connectivity index (χ2v) is 4.25. The number of nitrogens with zero attached hydrogens (tertiary/aromatic N) is 1. The van der Waals surface area contributed by atoms with Crippen LogP contribution < -0.4 is 5.32 Å². The molecule has 0 aliphatic carbocycles. The molecule has 0 radical (unpaired) electrons. The summed E-state index contributed by atoms with van der Waals surface area (Å²) in [6, 6.07) is -0.378. The smallest absolute Gasteiger partial charge is 0.246 e. The van der Waals surface area contributed by atoms with Crippen molar-refractivity contribution in [2.45, 2.75) is 19.4 Å². The van der Waals surface area contributed by atoms with Crippen LogP contribution in [0.5, 0.6) is 0 Å². The van der Waals surface area contributed by atoms with Crippen molar-refractivity contribution in [1.29, 1.82) is 0 Å². The highest BCUT2D eigenvalue weighted by molar-refractivity contribution is 9.11. The zero-order chi connectivity index (χ0) is 10.7. The number of amides is 2. The Hall–Kier alpha value is -0.680. The summed E-state index contributed by atoms with van der Waals surface area (Å²) >= 11 is 3.18. The van der Waals surface area contributed by atoms with Gasteiger partial charge in [-0.2, -0.15) is 0 Å². The summed E-state index contributed by atoms with van der Waals surface area (Å²) < 4.78 is 0.771. The van der Waals surface area contributed by atoms with Crippen molar-refractivity contribution in [3.63, 3.8) is 0 Å². The van der Waals surface area contributed by atoms with Crippen molar-refractivity contribution in [3.05, 3.63) is 11.1 Å². The average molecular weight is 261 g/mol. The summed E-state index contributed by atoms with van der Waals surface area (Å²) in [6.45, 7) is 6.39. The molecule has 1 unspecified atom stereocenters. The Morgan fingerprint density at radius 3 is 2.79 bits per heavy atom. The van der Waals surface area contributed by atoms with E-state index in [-0.39, 0.29) is 24.3 Å². The molecule has 2 amide bonds. The van der Waals surface area contributed by atoms with Gasteiger partial charge < -0.3 is 5.32 Å². The third-order valence-electron chi connectivity index (χ3n) is 2.10. The van der Waals surface area contributed by atoms with E-state index in [1.54, 1.807) is 6.92 Å². The van der Waals surface area contributed by atoms with Crippen LogP contribution in [0.2, 0.25) is 0 Å². The molecule has 1 heterocycles. The molecule has 4 nitrogen and oxygen atoms in total. The number of imide groups is 1. The van der Waals surface area contributed by atoms with Crippen LogP contribution in [0.15, 0.2) is 11.1 Å². The van der Waals surface area contributed by atoms with Gasteiger partial charge in [0.05, 0.1) is 12.5 Å². The molecule has 1 fully saturated rings. The maximum absolute atomic E-state index is 11.6. The van der Waals surface area contributed by atoms with Gasteiger partial charge in [0.15, 0.2) is 0 Å². The molecule has 0 bridgehead atoms. The number of carbonyl (C=O) groups is 2. The second-order valence-electron chi connectivity index (χ2n) is 3.13. The van der Waals surface area contributed by atoms with Crippen molar-refractivity contribution in [2.75, 3.05) is 13.1 Å². The molecular weight excluding hydrogens is 248 g/mol. The van der Waals surface area contributed by atoms with Crippen LogP contribution in [-0.4, -0.2) is 35.8 Å². The van der Waals surface area contributed by atoms with Crippen LogP contribution in [0.3, 0.4) is 0 Å². The van der Waals surface area contributed by atoms with Gasteiger partial charge in [-0.15, -0.1) is 0 Å². The summed E-state index contributed by atoms with van der Waals surface area (Å²) in [5.74, 6) is -0.235. The van der Waals surface area contributed by atoms with Gasteiger partial charge in [0.25, 0.3) is 0 Å². The van der Waals surface area contributed by atoms with E-state index in [4.69, 9.17) is 0 Å². The number of halogens is 1. The first-order valence-electron chi connectivity index (χ1n) is 4.47. The maximum atomic E-state index is 11.6. The Morgan fingerprint density at radius 1 is 1.71 bits per heavy atom. The zero-order valence-corrected chi connectivity index (χ0v) is 9.63. The fraction of sp³-hybridized carbons (Fsp3) is 0.556. The Balaban J connectivity index is 2.53. The van der Waals surface area contributed by atoms with Crippen LogP contribution in [0.25, 0.3) is 0 Å². The van der Waals surface area contributed by atoms with Gasteiger partial charge in [-0.1, -0.05) is 22.5 Å². The summed E-state index contributed by atoms with van der Waals surface area (Å²) in [7, 11) is 0. The van der Waals surface area contributed by atoms with Gasteiger partial charge in [-0.25, -0.2) is 0 Å². The molecule has 1 rings (SSSR count). The van der Waals surface area contributed by atoms with Gasteiger partial charge in [0.1, 0.15) is 0 Å². The lowest BCUT2D eigenvalue weighted by atomic mass is 10.2. The molecule has 0 aromatic heterocycles. The molecule has 78 valence electrons. The largest absolute Gasteiger partial charge is 0.301 e. The monoisotopic (exact) mass is 260 g/mol. The topological polar surface area (TPSA) is 49.4 Å². The van der Waals surface area contributed by atoms with Crippen molar-refractivity contribution < 1.29 is 9.59 Å². The molecular formula is C9H13BrN2O2. The van der Waals surface area contributed by atoms with E-state index < -0.39 is 0 Å². The summed E-state index contributed by atoms with van der Waals surface area (Å²) in [4.78, 5) is 24.1. The van der Waals surface area contributed by atoms with Crippen LogP contribution in [0.4, 0.5) is 0 Å². The van der Waals surface area contributed by atoms with E-state index in [1.165, 1.54) is 4.90 Å². The van der Waals surface area contributed by atoms with Crippen molar-refractivity contribution in [3.8, 4) is 0 Å². The molecule has 1 N–H and O–H groups in total. The molecule has 5 heteroatoms. The molecule has 0 aromatic rings. The van der Waals surface area contributed by atoms with E-state index in [0.29, 0.717) is 13.1 Å².